The average molecular weight is 578 g/mol. The van der Waals surface area contributed by atoms with Crippen molar-refractivity contribution >= 4 is 34.5 Å². The van der Waals surface area contributed by atoms with Gasteiger partial charge in [0.25, 0.3) is 11.8 Å². The van der Waals surface area contributed by atoms with E-state index in [-0.39, 0.29) is 18.7 Å². The molecule has 218 valence electrons. The van der Waals surface area contributed by atoms with Crippen LogP contribution in [0.5, 0.6) is 0 Å². The Bertz CT molecular complexity index is 1850. The maximum absolute atomic E-state index is 13.4. The zero-order chi connectivity index (χ0) is 29.4. The Kier molecular flexibility index (Phi) is 5.85. The van der Waals surface area contributed by atoms with Crippen LogP contribution in [0.2, 0.25) is 0 Å². The van der Waals surface area contributed by atoms with Crippen molar-refractivity contribution in [3.05, 3.63) is 65.2 Å². The Balaban J connectivity index is 0.956. The summed E-state index contributed by atoms with van der Waals surface area (Å²) in [5, 5.41) is 12.7. The summed E-state index contributed by atoms with van der Waals surface area (Å²) in [7, 11) is 1.94. The van der Waals surface area contributed by atoms with Crippen molar-refractivity contribution in [1.82, 2.24) is 34.8 Å². The molecule has 2 aliphatic carbocycles. The second kappa shape index (κ2) is 9.68. The lowest BCUT2D eigenvalue weighted by Crippen LogP contribution is -2.54. The van der Waals surface area contributed by atoms with Crippen molar-refractivity contribution in [2.45, 2.75) is 69.4 Å². The number of rotatable bonds is 7. The maximum Gasteiger partial charge on any atom is 0.262 e. The summed E-state index contributed by atoms with van der Waals surface area (Å²) in [4.78, 5) is 56.4. The molecule has 3 aromatic heterocycles. The van der Waals surface area contributed by atoms with Crippen molar-refractivity contribution in [1.29, 1.82) is 0 Å². The molecular weight excluding hydrogens is 546 g/mol. The number of piperidine rings is 1. The van der Waals surface area contributed by atoms with Crippen molar-refractivity contribution in [3.8, 4) is 11.3 Å². The first-order chi connectivity index (χ1) is 20.9. The molecule has 11 nitrogen and oxygen atoms in total. The van der Waals surface area contributed by atoms with Gasteiger partial charge in [0.15, 0.2) is 0 Å². The van der Waals surface area contributed by atoms with E-state index >= 15 is 0 Å². The first-order valence-electron chi connectivity index (χ1n) is 15.1. The third-order valence-electron chi connectivity index (χ3n) is 9.59. The van der Waals surface area contributed by atoms with Gasteiger partial charge in [0.2, 0.25) is 11.8 Å². The van der Waals surface area contributed by atoms with Gasteiger partial charge < -0.3 is 0 Å². The molecule has 0 radical (unpaired) electrons. The van der Waals surface area contributed by atoms with Gasteiger partial charge in [0.1, 0.15) is 6.04 Å². The zero-order valence-electron chi connectivity index (χ0n) is 23.8. The molecule has 4 aliphatic rings. The highest BCUT2D eigenvalue weighted by Crippen LogP contribution is 2.46. The second-order valence-electron chi connectivity index (χ2n) is 12.4. The van der Waals surface area contributed by atoms with Crippen LogP contribution in [0.1, 0.15) is 88.9 Å². The molecule has 4 aromatic rings. The smallest absolute Gasteiger partial charge is 0.262 e. The molecule has 11 heteroatoms. The van der Waals surface area contributed by atoms with Crippen molar-refractivity contribution < 1.29 is 19.2 Å². The van der Waals surface area contributed by atoms with Gasteiger partial charge in [-0.05, 0) is 68.6 Å². The standard InChI is InChI=1S/C32H31N7O4/c1-37-26-13-24(33-14-20(26)15-34-37)23-16-38(36-29(23)19-7-8-19)21-11-17(12-21)5-6-18-3-2-4-22-28(18)32(43)39(31(22)42)25-9-10-27(40)35-30(25)41/h2-4,13-17,19,21,25H,5-12H2,1H3,(H,35,40,41)/t17-,21-,25?. The monoisotopic (exact) mass is 577 g/mol. The SMILES string of the molecule is Cn1ncc2cnc(-c3cn([C@H]4C[C@H](CCc5cccc6c5C(=O)N(C5CCC(=O)NC5=O)C6=O)C4)nc3C3CC3)cc21. The summed E-state index contributed by atoms with van der Waals surface area (Å²) in [6.07, 6.45) is 12.0. The number of amides is 4. The van der Waals surface area contributed by atoms with Crippen LogP contribution in [0.15, 0.2) is 42.9 Å². The number of aromatic nitrogens is 5. The fourth-order valence-corrected chi connectivity index (χ4v) is 6.95. The van der Waals surface area contributed by atoms with Gasteiger partial charge in [-0.1, -0.05) is 12.1 Å². The van der Waals surface area contributed by atoms with Crippen molar-refractivity contribution in [2.24, 2.45) is 13.0 Å². The van der Waals surface area contributed by atoms with E-state index < -0.39 is 23.8 Å². The lowest BCUT2D eigenvalue weighted by molar-refractivity contribution is -0.136. The van der Waals surface area contributed by atoms with Gasteiger partial charge in [0, 0.05) is 42.7 Å². The van der Waals surface area contributed by atoms with Crippen LogP contribution < -0.4 is 5.32 Å². The largest absolute Gasteiger partial charge is 0.295 e. The van der Waals surface area contributed by atoms with Gasteiger partial charge in [0.05, 0.1) is 40.3 Å². The van der Waals surface area contributed by atoms with E-state index in [0.717, 1.165) is 70.4 Å². The molecule has 5 heterocycles. The summed E-state index contributed by atoms with van der Waals surface area (Å²) in [6, 6.07) is 6.83. The van der Waals surface area contributed by atoms with Gasteiger partial charge in [-0.3, -0.25) is 43.7 Å². The molecule has 1 N–H and O–H groups in total. The van der Waals surface area contributed by atoms with Crippen LogP contribution >= 0.6 is 0 Å². The van der Waals surface area contributed by atoms with E-state index in [2.05, 4.69) is 27.4 Å². The van der Waals surface area contributed by atoms with E-state index in [1.807, 2.05) is 30.2 Å². The Labute approximate surface area is 247 Å². The van der Waals surface area contributed by atoms with E-state index in [4.69, 9.17) is 10.1 Å². The third-order valence-corrected chi connectivity index (χ3v) is 9.59. The molecule has 0 spiro atoms. The highest BCUT2D eigenvalue weighted by Gasteiger charge is 2.45. The molecule has 8 rings (SSSR count). The second-order valence-corrected chi connectivity index (χ2v) is 12.4. The molecule has 0 bridgehead atoms. The lowest BCUT2D eigenvalue weighted by Gasteiger charge is -2.35. The fraction of sp³-hybridized carbons (Fsp3) is 0.406. The maximum atomic E-state index is 13.4. The number of pyridine rings is 1. The quantitative estimate of drug-likeness (QED) is 0.331. The molecular formula is C32H31N7O4. The van der Waals surface area contributed by atoms with E-state index in [0.29, 0.717) is 35.4 Å². The minimum absolute atomic E-state index is 0.107. The van der Waals surface area contributed by atoms with Gasteiger partial charge in [-0.2, -0.15) is 10.2 Å². The van der Waals surface area contributed by atoms with Crippen molar-refractivity contribution in [3.63, 3.8) is 0 Å². The Morgan fingerprint density at radius 1 is 1.00 bits per heavy atom. The number of nitrogens with zero attached hydrogens (tertiary/aromatic N) is 6. The zero-order valence-corrected chi connectivity index (χ0v) is 23.8. The Morgan fingerprint density at radius 3 is 2.63 bits per heavy atom. The van der Waals surface area contributed by atoms with Crippen molar-refractivity contribution in [2.75, 3.05) is 0 Å². The number of benzene rings is 1. The first kappa shape index (κ1) is 26.0. The van der Waals surface area contributed by atoms with E-state index in [9.17, 15) is 19.2 Å². The number of aryl methyl sites for hydroxylation is 2. The van der Waals surface area contributed by atoms with Gasteiger partial charge >= 0.3 is 0 Å². The Hall–Kier alpha value is -4.67. The van der Waals surface area contributed by atoms with E-state index in [1.54, 1.807) is 12.1 Å². The van der Waals surface area contributed by atoms with Crippen LogP contribution in [0, 0.1) is 5.92 Å². The number of imide groups is 2. The summed E-state index contributed by atoms with van der Waals surface area (Å²) < 4.78 is 4.01. The minimum Gasteiger partial charge on any atom is -0.295 e. The van der Waals surface area contributed by atoms with Crippen LogP contribution in [0.4, 0.5) is 0 Å². The van der Waals surface area contributed by atoms with Gasteiger partial charge in [-0.15, -0.1) is 0 Å². The number of nitrogens with one attached hydrogen (secondary N) is 1. The molecule has 3 fully saturated rings. The van der Waals surface area contributed by atoms with Crippen LogP contribution in [-0.2, 0) is 23.1 Å². The van der Waals surface area contributed by atoms with Crippen LogP contribution in [-0.4, -0.2) is 59.1 Å². The number of hydrogen-bond donors (Lipinski definition) is 1. The molecule has 4 amide bonds. The molecule has 1 unspecified atom stereocenters. The molecule has 2 aliphatic heterocycles. The molecule has 1 saturated heterocycles. The molecule has 1 atom stereocenters. The minimum atomic E-state index is -0.953. The predicted octanol–water partition coefficient (Wildman–Crippen LogP) is 3.69. The average Bonchev–Trinajstić information content (AvgIpc) is 3.55. The first-order valence-corrected chi connectivity index (χ1v) is 15.1. The summed E-state index contributed by atoms with van der Waals surface area (Å²) in [5.74, 6) is -0.885. The number of hydrogen-bond acceptors (Lipinski definition) is 7. The third kappa shape index (κ3) is 4.28. The molecule has 1 aromatic carbocycles. The highest BCUT2D eigenvalue weighted by atomic mass is 16.2. The van der Waals surface area contributed by atoms with Crippen LogP contribution in [0.3, 0.4) is 0 Å². The number of fused-ring (bicyclic) bond motifs is 2. The number of carbonyl (C=O) groups is 4. The topological polar surface area (TPSA) is 132 Å². The normalized spacial score (nSPS) is 23.6. The number of carbonyl (C=O) groups excluding carboxylic acids is 4. The Morgan fingerprint density at radius 2 is 1.84 bits per heavy atom. The predicted molar refractivity (Wildman–Crippen MR) is 155 cm³/mol. The van der Waals surface area contributed by atoms with Gasteiger partial charge in [-0.25, -0.2) is 0 Å². The summed E-state index contributed by atoms with van der Waals surface area (Å²) in [5.41, 5.74) is 5.81. The van der Waals surface area contributed by atoms with Crippen LogP contribution in [0.25, 0.3) is 22.2 Å². The lowest BCUT2D eigenvalue weighted by atomic mass is 9.76. The summed E-state index contributed by atoms with van der Waals surface area (Å²) in [6.45, 7) is 0. The highest BCUT2D eigenvalue weighted by molar-refractivity contribution is 6.24. The van der Waals surface area contributed by atoms with E-state index in [1.165, 1.54) is 0 Å². The fourth-order valence-electron chi connectivity index (χ4n) is 6.95. The summed E-state index contributed by atoms with van der Waals surface area (Å²) >= 11 is 0. The molecule has 2 saturated carbocycles. The molecule has 43 heavy (non-hydrogen) atoms.